The minimum atomic E-state index is -1.08. The molecule has 1 aromatic carbocycles. The Labute approximate surface area is 118 Å². The van der Waals surface area contributed by atoms with Gasteiger partial charge in [0.25, 0.3) is 5.91 Å². The van der Waals surface area contributed by atoms with E-state index in [9.17, 15) is 9.59 Å². The third kappa shape index (κ3) is 3.17. The lowest BCUT2D eigenvalue weighted by molar-refractivity contribution is 0.0532. The number of rotatable bonds is 5. The molecule has 0 spiro atoms. The molecular formula is C15H19NO4. The Hall–Kier alpha value is -1.88. The molecule has 0 radical (unpaired) electrons. The zero-order chi connectivity index (χ0) is 14.5. The van der Waals surface area contributed by atoms with E-state index in [-0.39, 0.29) is 23.1 Å². The van der Waals surface area contributed by atoms with Crippen LogP contribution in [0.15, 0.2) is 24.3 Å². The van der Waals surface area contributed by atoms with Crippen molar-refractivity contribution in [3.05, 3.63) is 35.4 Å². The maximum absolute atomic E-state index is 12.5. The Bertz CT molecular complexity index is 494. The summed E-state index contributed by atoms with van der Waals surface area (Å²) >= 11 is 0. The van der Waals surface area contributed by atoms with Crippen molar-refractivity contribution in [2.24, 2.45) is 0 Å². The van der Waals surface area contributed by atoms with Crippen molar-refractivity contribution in [1.29, 1.82) is 0 Å². The average Bonchev–Trinajstić information content (AvgIpc) is 2.97. The number of nitrogens with zero attached hydrogens (tertiary/aromatic N) is 1. The van der Waals surface area contributed by atoms with Gasteiger partial charge in [0.15, 0.2) is 0 Å². The number of benzene rings is 1. The van der Waals surface area contributed by atoms with Crippen molar-refractivity contribution < 1.29 is 19.4 Å². The fourth-order valence-electron chi connectivity index (χ4n) is 2.42. The average molecular weight is 277 g/mol. The van der Waals surface area contributed by atoms with E-state index in [0.29, 0.717) is 13.1 Å². The lowest BCUT2D eigenvalue weighted by Crippen LogP contribution is -2.37. The molecule has 1 saturated heterocycles. The summed E-state index contributed by atoms with van der Waals surface area (Å²) in [5.41, 5.74) is 0.281. The number of carboxylic acids is 1. The van der Waals surface area contributed by atoms with Gasteiger partial charge in [-0.3, -0.25) is 4.79 Å². The highest BCUT2D eigenvalue weighted by atomic mass is 16.5. The van der Waals surface area contributed by atoms with E-state index in [1.54, 1.807) is 23.1 Å². The molecular weight excluding hydrogens is 258 g/mol. The Kier molecular flexibility index (Phi) is 4.74. The topological polar surface area (TPSA) is 66.8 Å². The van der Waals surface area contributed by atoms with E-state index in [0.717, 1.165) is 19.4 Å². The van der Waals surface area contributed by atoms with Crippen LogP contribution < -0.4 is 0 Å². The molecule has 1 heterocycles. The van der Waals surface area contributed by atoms with Crippen molar-refractivity contribution in [1.82, 2.24) is 4.90 Å². The minimum absolute atomic E-state index is 0.0447. The van der Waals surface area contributed by atoms with Crippen LogP contribution in [0.5, 0.6) is 0 Å². The van der Waals surface area contributed by atoms with E-state index >= 15 is 0 Å². The monoisotopic (exact) mass is 277 g/mol. The standard InChI is InChI=1S/C15H19NO4/c1-2-16(10-11-6-5-9-20-11)14(17)12-7-3-4-8-13(12)15(18)19/h3-4,7-8,11H,2,5-6,9-10H2,1H3,(H,18,19). The number of hydrogen-bond acceptors (Lipinski definition) is 3. The largest absolute Gasteiger partial charge is 0.478 e. The predicted octanol–water partition coefficient (Wildman–Crippen LogP) is 2.03. The quantitative estimate of drug-likeness (QED) is 0.894. The fourth-order valence-corrected chi connectivity index (χ4v) is 2.42. The maximum atomic E-state index is 12.5. The summed E-state index contributed by atoms with van der Waals surface area (Å²) in [6, 6.07) is 6.32. The van der Waals surface area contributed by atoms with Gasteiger partial charge in [0, 0.05) is 19.7 Å². The van der Waals surface area contributed by atoms with Gasteiger partial charge < -0.3 is 14.7 Å². The lowest BCUT2D eigenvalue weighted by Gasteiger charge is -2.24. The Morgan fingerprint density at radius 2 is 2.05 bits per heavy atom. The van der Waals surface area contributed by atoms with Crippen molar-refractivity contribution in [3.8, 4) is 0 Å². The maximum Gasteiger partial charge on any atom is 0.336 e. The van der Waals surface area contributed by atoms with Crippen LogP contribution in [0.25, 0.3) is 0 Å². The van der Waals surface area contributed by atoms with Crippen LogP contribution in [-0.4, -0.2) is 47.7 Å². The number of carboxylic acid groups (broad SMARTS) is 1. The predicted molar refractivity (Wildman–Crippen MR) is 74.0 cm³/mol. The molecule has 0 saturated carbocycles. The molecule has 0 bridgehead atoms. The third-order valence-electron chi connectivity index (χ3n) is 3.50. The summed E-state index contributed by atoms with van der Waals surface area (Å²) in [5, 5.41) is 9.16. The first-order valence-electron chi connectivity index (χ1n) is 6.86. The third-order valence-corrected chi connectivity index (χ3v) is 3.50. The molecule has 1 atom stereocenters. The summed E-state index contributed by atoms with van der Waals surface area (Å²) in [7, 11) is 0. The number of likely N-dealkylation sites (N-methyl/N-ethyl adjacent to an activating group) is 1. The number of aromatic carboxylic acids is 1. The Morgan fingerprint density at radius 3 is 2.60 bits per heavy atom. The van der Waals surface area contributed by atoms with Gasteiger partial charge in [-0.05, 0) is 31.9 Å². The molecule has 1 aliphatic rings. The summed E-state index contributed by atoms with van der Waals surface area (Å²) in [6.07, 6.45) is 2.03. The molecule has 2 rings (SSSR count). The van der Waals surface area contributed by atoms with Gasteiger partial charge in [-0.25, -0.2) is 4.79 Å². The van der Waals surface area contributed by atoms with Crippen molar-refractivity contribution in [2.75, 3.05) is 19.7 Å². The molecule has 20 heavy (non-hydrogen) atoms. The van der Waals surface area contributed by atoms with Gasteiger partial charge in [-0.1, -0.05) is 12.1 Å². The second-order valence-electron chi connectivity index (χ2n) is 4.83. The van der Waals surface area contributed by atoms with Crippen LogP contribution in [0, 0.1) is 0 Å². The van der Waals surface area contributed by atoms with Crippen molar-refractivity contribution in [3.63, 3.8) is 0 Å². The first kappa shape index (κ1) is 14.5. The van der Waals surface area contributed by atoms with Gasteiger partial charge in [-0.2, -0.15) is 0 Å². The van der Waals surface area contributed by atoms with Gasteiger partial charge in [-0.15, -0.1) is 0 Å². The first-order valence-corrected chi connectivity index (χ1v) is 6.86. The second kappa shape index (κ2) is 6.52. The van der Waals surface area contributed by atoms with E-state index in [1.807, 2.05) is 6.92 Å². The number of hydrogen-bond donors (Lipinski definition) is 1. The Balaban J connectivity index is 2.17. The molecule has 0 aromatic heterocycles. The molecule has 0 aliphatic carbocycles. The van der Waals surface area contributed by atoms with Crippen molar-refractivity contribution >= 4 is 11.9 Å². The molecule has 1 N–H and O–H groups in total. The zero-order valence-electron chi connectivity index (χ0n) is 11.5. The zero-order valence-corrected chi connectivity index (χ0v) is 11.5. The highest BCUT2D eigenvalue weighted by Gasteiger charge is 2.24. The molecule has 1 amide bonds. The van der Waals surface area contributed by atoms with Crippen molar-refractivity contribution in [2.45, 2.75) is 25.9 Å². The van der Waals surface area contributed by atoms with E-state index in [4.69, 9.17) is 9.84 Å². The number of amides is 1. The lowest BCUT2D eigenvalue weighted by atomic mass is 10.1. The fraction of sp³-hybridized carbons (Fsp3) is 0.467. The number of carbonyl (C=O) groups is 2. The van der Waals surface area contributed by atoms with Crippen LogP contribution in [0.1, 0.15) is 40.5 Å². The van der Waals surface area contributed by atoms with Gasteiger partial charge >= 0.3 is 5.97 Å². The molecule has 1 aliphatic heterocycles. The molecule has 1 unspecified atom stereocenters. The van der Waals surface area contributed by atoms with Gasteiger partial charge in [0.1, 0.15) is 0 Å². The minimum Gasteiger partial charge on any atom is -0.478 e. The highest BCUT2D eigenvalue weighted by molar-refractivity contribution is 6.04. The molecule has 1 aromatic rings. The SMILES string of the molecule is CCN(CC1CCCO1)C(=O)c1ccccc1C(=O)O. The van der Waals surface area contributed by atoms with Crippen LogP contribution in [0.2, 0.25) is 0 Å². The molecule has 5 nitrogen and oxygen atoms in total. The van der Waals surface area contributed by atoms with Crippen LogP contribution in [-0.2, 0) is 4.74 Å². The van der Waals surface area contributed by atoms with Crippen LogP contribution >= 0.6 is 0 Å². The molecule has 108 valence electrons. The van der Waals surface area contributed by atoms with Gasteiger partial charge in [0.2, 0.25) is 0 Å². The smallest absolute Gasteiger partial charge is 0.336 e. The van der Waals surface area contributed by atoms with Crippen LogP contribution in [0.4, 0.5) is 0 Å². The van der Waals surface area contributed by atoms with E-state index < -0.39 is 5.97 Å². The van der Waals surface area contributed by atoms with Crippen LogP contribution in [0.3, 0.4) is 0 Å². The molecule has 5 heteroatoms. The van der Waals surface area contributed by atoms with E-state index in [1.165, 1.54) is 6.07 Å². The second-order valence-corrected chi connectivity index (χ2v) is 4.83. The Morgan fingerprint density at radius 1 is 1.35 bits per heavy atom. The highest BCUT2D eigenvalue weighted by Crippen LogP contribution is 2.17. The van der Waals surface area contributed by atoms with Gasteiger partial charge in [0.05, 0.1) is 17.2 Å². The number of carbonyl (C=O) groups excluding carboxylic acids is 1. The molecule has 1 fully saturated rings. The normalized spacial score (nSPS) is 17.9. The summed E-state index contributed by atoms with van der Waals surface area (Å²) < 4.78 is 5.54. The summed E-state index contributed by atoms with van der Waals surface area (Å²) in [6.45, 7) is 3.67. The number of ether oxygens (including phenoxy) is 1. The first-order chi connectivity index (χ1) is 9.63. The van der Waals surface area contributed by atoms with E-state index in [2.05, 4.69) is 0 Å². The summed E-state index contributed by atoms with van der Waals surface area (Å²) in [5.74, 6) is -1.33. The summed E-state index contributed by atoms with van der Waals surface area (Å²) in [4.78, 5) is 25.3.